The zero-order chi connectivity index (χ0) is 16.5. The summed E-state index contributed by atoms with van der Waals surface area (Å²) in [5.74, 6) is -2.01. The first-order chi connectivity index (χ1) is 10.4. The summed E-state index contributed by atoms with van der Waals surface area (Å²) < 4.78 is 0. The molecule has 0 saturated carbocycles. The molecule has 1 radical (unpaired) electrons. The Labute approximate surface area is 142 Å². The molecular formula is C12H18CrN6O4+3. The molecule has 0 amide bonds. The van der Waals surface area contributed by atoms with E-state index in [-0.39, 0.29) is 30.2 Å². The van der Waals surface area contributed by atoms with E-state index in [0.29, 0.717) is 11.4 Å². The Bertz CT molecular complexity index is 522. The van der Waals surface area contributed by atoms with Crippen molar-refractivity contribution in [1.29, 1.82) is 0 Å². The van der Waals surface area contributed by atoms with Crippen LogP contribution in [-0.4, -0.2) is 54.2 Å². The van der Waals surface area contributed by atoms with E-state index in [9.17, 15) is 9.59 Å². The van der Waals surface area contributed by atoms with E-state index in [0.717, 1.165) is 0 Å². The average Bonchev–Trinajstić information content (AvgIpc) is 3.12. The number of aromatic amines is 2. The van der Waals surface area contributed by atoms with Crippen LogP contribution in [0, 0.1) is 0 Å². The minimum atomic E-state index is -1.01. The first-order valence-corrected chi connectivity index (χ1v) is 6.32. The second-order valence-corrected chi connectivity index (χ2v) is 4.42. The maximum Gasteiger partial charge on any atom is 3.00 e. The van der Waals surface area contributed by atoms with Gasteiger partial charge in [0.25, 0.3) is 0 Å². The number of rotatable bonds is 6. The standard InChI is InChI=1S/2C6H9N3O2.Cr/c2*7-5(6(10)11)1-4-2-8-3-9-4;/h2*2-3,5H,1,7H2,(H,8,9)(H,10,11);/q;;+3. The van der Waals surface area contributed by atoms with E-state index in [2.05, 4.69) is 19.9 Å². The van der Waals surface area contributed by atoms with E-state index in [1.165, 1.54) is 12.7 Å². The predicted molar refractivity (Wildman–Crippen MR) is 75.8 cm³/mol. The van der Waals surface area contributed by atoms with E-state index in [4.69, 9.17) is 21.7 Å². The monoisotopic (exact) mass is 362 g/mol. The minimum absolute atomic E-state index is 0. The molecule has 2 atom stereocenters. The van der Waals surface area contributed by atoms with Crippen molar-refractivity contribution in [3.05, 3.63) is 36.4 Å². The summed E-state index contributed by atoms with van der Waals surface area (Å²) in [6.07, 6.45) is 6.76. The third kappa shape index (κ3) is 8.13. The molecule has 11 heteroatoms. The molecule has 23 heavy (non-hydrogen) atoms. The summed E-state index contributed by atoms with van der Waals surface area (Å²) in [5.41, 5.74) is 11.8. The predicted octanol–water partition coefficient (Wildman–Crippen LogP) is -1.27. The molecule has 2 aromatic heterocycles. The SMILES string of the molecule is NC(Cc1c[nH]cn1)C(=O)O.NC(Cc1c[nH]cn1)C(=O)O.[Cr+3]. The maximum atomic E-state index is 10.3. The van der Waals surface area contributed by atoms with Gasteiger partial charge in [-0.15, -0.1) is 0 Å². The number of nitrogens with zero attached hydrogens (tertiary/aromatic N) is 2. The van der Waals surface area contributed by atoms with Crippen molar-refractivity contribution in [2.45, 2.75) is 24.9 Å². The molecule has 0 aliphatic carbocycles. The number of imidazole rings is 2. The summed E-state index contributed by atoms with van der Waals surface area (Å²) in [4.78, 5) is 33.6. The van der Waals surface area contributed by atoms with Gasteiger partial charge in [-0.25, -0.2) is 9.97 Å². The molecule has 2 aromatic rings. The summed E-state index contributed by atoms with van der Waals surface area (Å²) in [6.45, 7) is 0. The van der Waals surface area contributed by atoms with Gasteiger partial charge in [0.05, 0.1) is 24.0 Å². The summed E-state index contributed by atoms with van der Waals surface area (Å²) in [7, 11) is 0. The van der Waals surface area contributed by atoms with Gasteiger partial charge in [-0.1, -0.05) is 0 Å². The Balaban J connectivity index is 0.000000403. The number of carboxylic acid groups (broad SMARTS) is 2. The van der Waals surface area contributed by atoms with Gasteiger partial charge in [0.15, 0.2) is 0 Å². The van der Waals surface area contributed by atoms with Crippen molar-refractivity contribution >= 4 is 11.9 Å². The molecule has 0 bridgehead atoms. The number of nitrogens with one attached hydrogen (secondary N) is 2. The van der Waals surface area contributed by atoms with Crippen LogP contribution in [0.2, 0.25) is 0 Å². The van der Waals surface area contributed by atoms with Crippen molar-refractivity contribution in [1.82, 2.24) is 19.9 Å². The number of carboxylic acids is 2. The van der Waals surface area contributed by atoms with E-state index in [1.807, 2.05) is 0 Å². The molecule has 0 aromatic carbocycles. The molecule has 0 saturated heterocycles. The topological polar surface area (TPSA) is 184 Å². The quantitative estimate of drug-likeness (QED) is 0.367. The van der Waals surface area contributed by atoms with Gasteiger partial charge in [-0.3, -0.25) is 9.59 Å². The number of nitrogens with two attached hydrogens (primary N) is 2. The largest absolute Gasteiger partial charge is 3.00 e. The van der Waals surface area contributed by atoms with Crippen LogP contribution in [0.25, 0.3) is 0 Å². The van der Waals surface area contributed by atoms with Crippen LogP contribution >= 0.6 is 0 Å². The van der Waals surface area contributed by atoms with Crippen molar-refractivity contribution in [3.63, 3.8) is 0 Å². The van der Waals surface area contributed by atoms with Crippen LogP contribution in [0.5, 0.6) is 0 Å². The van der Waals surface area contributed by atoms with Crippen LogP contribution in [0.15, 0.2) is 25.0 Å². The Hall–Kier alpha value is -2.19. The molecule has 2 rings (SSSR count). The molecule has 2 heterocycles. The van der Waals surface area contributed by atoms with Crippen molar-refractivity contribution in [2.75, 3.05) is 0 Å². The maximum absolute atomic E-state index is 10.3. The molecule has 10 nitrogen and oxygen atoms in total. The minimum Gasteiger partial charge on any atom is -0.480 e. The fourth-order valence-corrected chi connectivity index (χ4v) is 1.43. The van der Waals surface area contributed by atoms with Gasteiger partial charge < -0.3 is 31.6 Å². The molecule has 123 valence electrons. The summed E-state index contributed by atoms with van der Waals surface area (Å²) in [6, 6.07) is -1.73. The number of carbonyl (C=O) groups is 2. The van der Waals surface area contributed by atoms with Gasteiger partial charge in [-0.05, 0) is 0 Å². The van der Waals surface area contributed by atoms with E-state index < -0.39 is 24.0 Å². The molecule has 0 aliphatic heterocycles. The molecule has 0 spiro atoms. The third-order valence-corrected chi connectivity index (χ3v) is 2.60. The van der Waals surface area contributed by atoms with Crippen LogP contribution in [0.1, 0.15) is 11.4 Å². The van der Waals surface area contributed by atoms with Crippen molar-refractivity contribution < 1.29 is 37.2 Å². The molecule has 2 unspecified atom stereocenters. The molecule has 0 fully saturated rings. The number of H-pyrrole nitrogens is 2. The Kier molecular flexibility index (Phi) is 9.52. The van der Waals surface area contributed by atoms with E-state index in [1.54, 1.807) is 12.4 Å². The normalized spacial score (nSPS) is 12.3. The van der Waals surface area contributed by atoms with E-state index >= 15 is 0 Å². The second kappa shape index (κ2) is 10.5. The van der Waals surface area contributed by atoms with Crippen molar-refractivity contribution in [3.8, 4) is 0 Å². The zero-order valence-corrected chi connectivity index (χ0v) is 13.3. The summed E-state index contributed by atoms with van der Waals surface area (Å²) in [5, 5.41) is 16.8. The van der Waals surface area contributed by atoms with Gasteiger partial charge >= 0.3 is 29.3 Å². The van der Waals surface area contributed by atoms with Gasteiger partial charge in [0, 0.05) is 25.2 Å². The van der Waals surface area contributed by atoms with Gasteiger partial charge in [-0.2, -0.15) is 0 Å². The fourth-order valence-electron chi connectivity index (χ4n) is 1.43. The number of hydrogen-bond donors (Lipinski definition) is 6. The van der Waals surface area contributed by atoms with Crippen LogP contribution < -0.4 is 11.5 Å². The fraction of sp³-hybridized carbons (Fsp3) is 0.333. The Morgan fingerprint density at radius 3 is 1.52 bits per heavy atom. The number of aromatic nitrogens is 4. The average molecular weight is 362 g/mol. The number of hydrogen-bond acceptors (Lipinski definition) is 6. The zero-order valence-electron chi connectivity index (χ0n) is 12.0. The first-order valence-electron chi connectivity index (χ1n) is 6.32. The number of aliphatic carboxylic acids is 2. The Morgan fingerprint density at radius 1 is 0.957 bits per heavy atom. The van der Waals surface area contributed by atoms with Crippen LogP contribution in [0.3, 0.4) is 0 Å². The molecule has 8 N–H and O–H groups in total. The smallest absolute Gasteiger partial charge is 0.480 e. The first kappa shape index (κ1) is 20.8. The second-order valence-electron chi connectivity index (χ2n) is 4.42. The van der Waals surface area contributed by atoms with Gasteiger partial charge in [0.2, 0.25) is 0 Å². The Morgan fingerprint density at radius 2 is 1.30 bits per heavy atom. The van der Waals surface area contributed by atoms with Gasteiger partial charge in [0.1, 0.15) is 12.1 Å². The van der Waals surface area contributed by atoms with Crippen LogP contribution in [0.4, 0.5) is 0 Å². The van der Waals surface area contributed by atoms with Crippen LogP contribution in [-0.2, 0) is 39.8 Å². The summed E-state index contributed by atoms with van der Waals surface area (Å²) >= 11 is 0. The molecule has 0 aliphatic rings. The third-order valence-electron chi connectivity index (χ3n) is 2.60. The molecular weight excluding hydrogens is 344 g/mol. The van der Waals surface area contributed by atoms with Crippen molar-refractivity contribution in [2.24, 2.45) is 11.5 Å².